The number of hydrogen-bond acceptors (Lipinski definition) is 5. The van der Waals surface area contributed by atoms with Crippen molar-refractivity contribution >= 4 is 21.5 Å². The highest BCUT2D eigenvalue weighted by atomic mass is 32.3. The molecule has 2 aromatic rings. The number of hydrogen-bond donors (Lipinski definition) is 0. The largest absolute Gasteiger partial charge is 0.378 e. The van der Waals surface area contributed by atoms with E-state index in [1.165, 1.54) is 35.6 Å². The molecule has 0 fully saturated rings. The summed E-state index contributed by atoms with van der Waals surface area (Å²) in [6.45, 7) is 1.96. The van der Waals surface area contributed by atoms with Crippen LogP contribution < -0.4 is 4.18 Å². The second-order valence-electron chi connectivity index (χ2n) is 3.75. The molecular formula is C13H11NO3S2. The zero-order valence-corrected chi connectivity index (χ0v) is 11.8. The van der Waals surface area contributed by atoms with Gasteiger partial charge in [-0.05, 0) is 42.8 Å². The van der Waals surface area contributed by atoms with E-state index in [0.29, 0.717) is 5.56 Å². The number of rotatable bonds is 4. The van der Waals surface area contributed by atoms with Crippen LogP contribution in [0.2, 0.25) is 0 Å². The lowest BCUT2D eigenvalue weighted by atomic mass is 10.2. The molecule has 0 unspecified atom stereocenters. The SMILES string of the molecule is CCc1ccc(S(=O)(=O)Oc2ccc(C#N)cc2)s1. The van der Waals surface area contributed by atoms with Gasteiger partial charge in [0, 0.05) is 4.88 Å². The summed E-state index contributed by atoms with van der Waals surface area (Å²) in [4.78, 5) is 0.988. The smallest absolute Gasteiger partial charge is 0.348 e. The van der Waals surface area contributed by atoms with Gasteiger partial charge < -0.3 is 4.18 Å². The van der Waals surface area contributed by atoms with E-state index in [1.54, 1.807) is 12.1 Å². The number of nitrogens with zero attached hydrogens (tertiary/aromatic N) is 1. The highest BCUT2D eigenvalue weighted by Gasteiger charge is 2.19. The fraction of sp³-hybridized carbons (Fsp3) is 0.154. The van der Waals surface area contributed by atoms with Crippen molar-refractivity contribution in [2.45, 2.75) is 17.6 Å². The molecule has 0 N–H and O–H groups in total. The molecule has 6 heteroatoms. The van der Waals surface area contributed by atoms with E-state index in [0.717, 1.165) is 11.3 Å². The summed E-state index contributed by atoms with van der Waals surface area (Å²) in [5, 5.41) is 8.66. The highest BCUT2D eigenvalue weighted by molar-refractivity contribution is 7.89. The topological polar surface area (TPSA) is 67.2 Å². The second-order valence-corrected chi connectivity index (χ2v) is 6.69. The normalized spacial score (nSPS) is 10.9. The third-order valence-corrected chi connectivity index (χ3v) is 5.35. The minimum Gasteiger partial charge on any atom is -0.378 e. The maximum atomic E-state index is 12.0. The fourth-order valence-corrected chi connectivity index (χ4v) is 3.62. The molecule has 0 radical (unpaired) electrons. The van der Waals surface area contributed by atoms with Crippen LogP contribution in [-0.4, -0.2) is 8.42 Å². The van der Waals surface area contributed by atoms with Crippen LogP contribution >= 0.6 is 11.3 Å². The van der Waals surface area contributed by atoms with Gasteiger partial charge in [0.05, 0.1) is 11.6 Å². The van der Waals surface area contributed by atoms with Crippen molar-refractivity contribution in [1.29, 1.82) is 5.26 Å². The van der Waals surface area contributed by atoms with E-state index in [9.17, 15) is 8.42 Å². The predicted molar refractivity (Wildman–Crippen MR) is 72.7 cm³/mol. The van der Waals surface area contributed by atoms with E-state index in [2.05, 4.69) is 0 Å². The predicted octanol–water partition coefficient (Wildman–Crippen LogP) is 2.95. The van der Waals surface area contributed by atoms with Crippen LogP contribution in [0.5, 0.6) is 5.75 Å². The maximum Gasteiger partial charge on any atom is 0.348 e. The first-order chi connectivity index (χ1) is 9.05. The Kier molecular flexibility index (Phi) is 3.88. The van der Waals surface area contributed by atoms with Crippen LogP contribution in [0.25, 0.3) is 0 Å². The number of aryl methyl sites for hydroxylation is 1. The Morgan fingerprint density at radius 1 is 1.21 bits per heavy atom. The van der Waals surface area contributed by atoms with E-state index >= 15 is 0 Å². The molecule has 0 aliphatic carbocycles. The Labute approximate surface area is 116 Å². The standard InChI is InChI=1S/C13H11NO3S2/c1-2-12-7-8-13(18-12)19(15,16)17-11-5-3-10(9-14)4-6-11/h3-8H,2H2,1H3. The fourth-order valence-electron chi connectivity index (χ4n) is 1.44. The number of benzene rings is 1. The summed E-state index contributed by atoms with van der Waals surface area (Å²) in [5.41, 5.74) is 0.453. The van der Waals surface area contributed by atoms with Crippen LogP contribution in [0, 0.1) is 11.3 Å². The molecule has 0 atom stereocenters. The Hall–Kier alpha value is -1.84. The lowest BCUT2D eigenvalue weighted by molar-refractivity contribution is 0.488. The van der Waals surface area contributed by atoms with Crippen molar-refractivity contribution in [1.82, 2.24) is 0 Å². The molecule has 0 spiro atoms. The summed E-state index contributed by atoms with van der Waals surface area (Å²) in [5.74, 6) is 0.199. The molecule has 1 aromatic carbocycles. The molecule has 1 aromatic heterocycles. The zero-order valence-electron chi connectivity index (χ0n) is 10.2. The van der Waals surface area contributed by atoms with Crippen molar-refractivity contribution in [2.75, 3.05) is 0 Å². The van der Waals surface area contributed by atoms with E-state index in [1.807, 2.05) is 13.0 Å². The average Bonchev–Trinajstić information content (AvgIpc) is 2.89. The molecule has 98 valence electrons. The number of nitriles is 1. The Bertz CT molecular complexity index is 709. The third kappa shape index (κ3) is 3.13. The molecule has 0 bridgehead atoms. The van der Waals surface area contributed by atoms with Gasteiger partial charge in [-0.1, -0.05) is 6.92 Å². The second kappa shape index (κ2) is 5.43. The first-order valence-corrected chi connectivity index (χ1v) is 7.81. The van der Waals surface area contributed by atoms with Crippen LogP contribution in [-0.2, 0) is 16.5 Å². The Balaban J connectivity index is 2.23. The van der Waals surface area contributed by atoms with Crippen LogP contribution in [0.15, 0.2) is 40.6 Å². The van der Waals surface area contributed by atoms with Crippen molar-refractivity contribution in [2.24, 2.45) is 0 Å². The van der Waals surface area contributed by atoms with Crippen molar-refractivity contribution < 1.29 is 12.6 Å². The highest BCUT2D eigenvalue weighted by Crippen LogP contribution is 2.25. The van der Waals surface area contributed by atoms with E-state index in [4.69, 9.17) is 9.44 Å². The molecular weight excluding hydrogens is 282 g/mol. The minimum absolute atomic E-state index is 0.189. The number of thiophene rings is 1. The lowest BCUT2D eigenvalue weighted by Gasteiger charge is -2.04. The van der Waals surface area contributed by atoms with Crippen molar-refractivity contribution in [3.63, 3.8) is 0 Å². The molecule has 0 amide bonds. The molecule has 1 heterocycles. The summed E-state index contributed by atoms with van der Waals surface area (Å²) >= 11 is 1.20. The van der Waals surface area contributed by atoms with Gasteiger partial charge in [0.1, 0.15) is 5.75 Å². The molecule has 4 nitrogen and oxygen atoms in total. The monoisotopic (exact) mass is 293 g/mol. The quantitative estimate of drug-likeness (QED) is 0.813. The van der Waals surface area contributed by atoms with Gasteiger partial charge in [-0.3, -0.25) is 0 Å². The summed E-state index contributed by atoms with van der Waals surface area (Å²) < 4.78 is 29.2. The first kappa shape index (κ1) is 13.6. The third-order valence-electron chi connectivity index (χ3n) is 2.42. The van der Waals surface area contributed by atoms with Gasteiger partial charge in [0.15, 0.2) is 4.21 Å². The Morgan fingerprint density at radius 3 is 2.42 bits per heavy atom. The van der Waals surface area contributed by atoms with Crippen LogP contribution in [0.4, 0.5) is 0 Å². The summed E-state index contributed by atoms with van der Waals surface area (Å²) in [7, 11) is -3.79. The van der Waals surface area contributed by atoms with Crippen LogP contribution in [0.3, 0.4) is 0 Å². The minimum atomic E-state index is -3.79. The summed E-state index contributed by atoms with van der Waals surface area (Å²) in [6, 6.07) is 11.2. The maximum absolute atomic E-state index is 12.0. The molecule has 0 saturated carbocycles. The molecule has 2 rings (SSSR count). The van der Waals surface area contributed by atoms with E-state index in [-0.39, 0.29) is 9.96 Å². The molecule has 0 saturated heterocycles. The van der Waals surface area contributed by atoms with Gasteiger partial charge in [-0.25, -0.2) is 0 Å². The van der Waals surface area contributed by atoms with Crippen LogP contribution in [0.1, 0.15) is 17.4 Å². The van der Waals surface area contributed by atoms with Crippen molar-refractivity contribution in [3.05, 3.63) is 46.8 Å². The van der Waals surface area contributed by atoms with Gasteiger partial charge in [-0.15, -0.1) is 11.3 Å². The van der Waals surface area contributed by atoms with Gasteiger partial charge >= 0.3 is 10.1 Å². The Morgan fingerprint density at radius 2 is 1.89 bits per heavy atom. The van der Waals surface area contributed by atoms with Gasteiger partial charge in [0.25, 0.3) is 0 Å². The molecule has 0 aliphatic rings. The average molecular weight is 293 g/mol. The molecule has 0 aliphatic heterocycles. The zero-order chi connectivity index (χ0) is 13.9. The summed E-state index contributed by atoms with van der Waals surface area (Å²) in [6.07, 6.45) is 0.789. The van der Waals surface area contributed by atoms with Gasteiger partial charge in [-0.2, -0.15) is 13.7 Å². The lowest BCUT2D eigenvalue weighted by Crippen LogP contribution is -2.07. The van der Waals surface area contributed by atoms with Crippen molar-refractivity contribution in [3.8, 4) is 11.8 Å². The first-order valence-electron chi connectivity index (χ1n) is 5.58. The van der Waals surface area contributed by atoms with E-state index < -0.39 is 10.1 Å². The molecule has 19 heavy (non-hydrogen) atoms. The van der Waals surface area contributed by atoms with Gasteiger partial charge in [0.2, 0.25) is 0 Å².